The van der Waals surface area contributed by atoms with Crippen molar-refractivity contribution in [1.29, 1.82) is 0 Å². The molecule has 4 rings (SSSR count). The topological polar surface area (TPSA) is 172 Å². The summed E-state index contributed by atoms with van der Waals surface area (Å²) in [6, 6.07) is 8.80. The Hall–Kier alpha value is -4.48. The Bertz CT molecular complexity index is 1320. The van der Waals surface area contributed by atoms with E-state index in [9.17, 15) is 24.8 Å². The first-order chi connectivity index (χ1) is 14.3. The van der Waals surface area contributed by atoms with E-state index in [0.717, 1.165) is 6.07 Å². The van der Waals surface area contributed by atoms with E-state index in [4.69, 9.17) is 4.42 Å². The molecule has 1 aromatic heterocycles. The number of nitro groups is 1. The summed E-state index contributed by atoms with van der Waals surface area (Å²) in [6.45, 7) is 1.37. The molecule has 3 aromatic rings. The van der Waals surface area contributed by atoms with E-state index in [2.05, 4.69) is 26.0 Å². The third kappa shape index (κ3) is 3.26. The van der Waals surface area contributed by atoms with Gasteiger partial charge in [-0.3, -0.25) is 14.9 Å². The number of rotatable bonds is 4. The fourth-order valence-corrected chi connectivity index (χ4v) is 2.98. The summed E-state index contributed by atoms with van der Waals surface area (Å²) in [6.07, 6.45) is -0.608. The number of fused-ring (bicyclic) bond motifs is 1. The minimum absolute atomic E-state index is 0.0239. The maximum Gasteiger partial charge on any atom is 0.349 e. The average Bonchev–Trinajstić information content (AvgIpc) is 3.25. The molecule has 30 heavy (non-hydrogen) atoms. The van der Waals surface area contributed by atoms with E-state index in [-0.39, 0.29) is 22.1 Å². The van der Waals surface area contributed by atoms with Gasteiger partial charge in [0.15, 0.2) is 0 Å². The van der Waals surface area contributed by atoms with Gasteiger partial charge in [-0.15, -0.1) is 10.2 Å². The van der Waals surface area contributed by atoms with E-state index >= 15 is 0 Å². The van der Waals surface area contributed by atoms with Crippen molar-refractivity contribution in [2.24, 2.45) is 20.7 Å². The second-order valence-corrected chi connectivity index (χ2v) is 6.36. The number of hydrogen-bond donors (Lipinski definition) is 2. The summed E-state index contributed by atoms with van der Waals surface area (Å²) in [5, 5.41) is 38.2. The normalized spacial score (nSPS) is 13.1. The van der Waals surface area contributed by atoms with Gasteiger partial charge in [-0.25, -0.2) is 4.79 Å². The van der Waals surface area contributed by atoms with Gasteiger partial charge in [0.05, 0.1) is 4.92 Å². The first-order valence-electron chi connectivity index (χ1n) is 8.51. The number of aromatic hydroxyl groups is 1. The molecule has 0 bridgehead atoms. The van der Waals surface area contributed by atoms with Crippen molar-refractivity contribution in [3.63, 3.8) is 0 Å². The summed E-state index contributed by atoms with van der Waals surface area (Å²) in [5.41, 5.74) is -0.895. The minimum Gasteiger partial charge on any atom is -0.502 e. The molecule has 2 aromatic carbocycles. The zero-order valence-corrected chi connectivity index (χ0v) is 15.3. The first kappa shape index (κ1) is 18.9. The van der Waals surface area contributed by atoms with Crippen LogP contribution in [0.15, 0.2) is 66.3 Å². The third-order valence-electron chi connectivity index (χ3n) is 4.45. The maximum atomic E-state index is 12.6. The second-order valence-electron chi connectivity index (χ2n) is 6.36. The minimum atomic E-state index is -0.953. The van der Waals surface area contributed by atoms with Crippen molar-refractivity contribution < 1.29 is 19.2 Å². The van der Waals surface area contributed by atoms with Crippen LogP contribution in [0.5, 0.6) is 5.75 Å². The van der Waals surface area contributed by atoms with Crippen LogP contribution in [-0.4, -0.2) is 15.9 Å². The van der Waals surface area contributed by atoms with Crippen LogP contribution in [0.1, 0.15) is 27.7 Å². The molecule has 0 saturated carbocycles. The van der Waals surface area contributed by atoms with Crippen LogP contribution in [0.4, 0.5) is 11.4 Å². The summed E-state index contributed by atoms with van der Waals surface area (Å²) in [5.74, 6) is -1.38. The predicted molar refractivity (Wildman–Crippen MR) is 102 cm³/mol. The van der Waals surface area contributed by atoms with E-state index in [1.807, 2.05) is 0 Å². The summed E-state index contributed by atoms with van der Waals surface area (Å²) in [4.78, 5) is 35.3. The molecule has 150 valence electrons. The maximum absolute atomic E-state index is 12.6. The van der Waals surface area contributed by atoms with Gasteiger partial charge in [0.25, 0.3) is 5.91 Å². The first-order valence-corrected chi connectivity index (χ1v) is 8.51. The molecular formula is C18H12N6O6. The second kappa shape index (κ2) is 7.16. The average molecular weight is 408 g/mol. The predicted octanol–water partition coefficient (Wildman–Crippen LogP) is 3.80. The van der Waals surface area contributed by atoms with Gasteiger partial charge in [0, 0.05) is 28.3 Å². The fraction of sp³-hybridized carbons (Fsp3) is 0.111. The number of anilines is 1. The van der Waals surface area contributed by atoms with Gasteiger partial charge in [-0.05, 0) is 35.6 Å². The smallest absolute Gasteiger partial charge is 0.349 e. The fourth-order valence-electron chi connectivity index (χ4n) is 2.98. The van der Waals surface area contributed by atoms with Crippen LogP contribution in [-0.2, 0) is 0 Å². The van der Waals surface area contributed by atoms with Crippen LogP contribution in [0.2, 0.25) is 0 Å². The molecule has 0 fully saturated rings. The Morgan fingerprint density at radius 3 is 2.67 bits per heavy atom. The zero-order valence-electron chi connectivity index (χ0n) is 15.3. The quantitative estimate of drug-likeness (QED) is 0.377. The Morgan fingerprint density at radius 1 is 1.23 bits per heavy atom. The van der Waals surface area contributed by atoms with Crippen molar-refractivity contribution >= 4 is 28.3 Å². The lowest BCUT2D eigenvalue weighted by atomic mass is 10.1. The monoisotopic (exact) mass is 408 g/mol. The number of phenolic OH excluding ortho intramolecular Hbond substituents is 1. The van der Waals surface area contributed by atoms with Gasteiger partial charge in [0.1, 0.15) is 11.1 Å². The molecule has 0 aliphatic carbocycles. The number of nitrogens with zero attached hydrogens (tertiary/aromatic N) is 5. The largest absolute Gasteiger partial charge is 0.502 e. The standard InChI is InChI=1S/C18H12N6O6/c1-8-14(25)13(24(28)29)7-10-6-12(18(27)30-15(8)10)17(26)19-11-4-2-3-9(5-11)16-20-22-23-21-16/h2-7,16,25H,1H3,(H,19,26). The van der Waals surface area contributed by atoms with Gasteiger partial charge in [-0.2, -0.15) is 0 Å². The number of carbonyl (C=O) groups is 1. The number of benzene rings is 2. The number of carbonyl (C=O) groups excluding carboxylic acids is 1. The van der Waals surface area contributed by atoms with Crippen molar-refractivity contribution in [1.82, 2.24) is 0 Å². The van der Waals surface area contributed by atoms with Crippen LogP contribution >= 0.6 is 0 Å². The van der Waals surface area contributed by atoms with Gasteiger partial charge in [-0.1, -0.05) is 12.1 Å². The molecule has 2 N–H and O–H groups in total. The molecule has 0 atom stereocenters. The van der Waals surface area contributed by atoms with Gasteiger partial charge < -0.3 is 14.8 Å². The number of phenols is 1. The summed E-state index contributed by atoms with van der Waals surface area (Å²) < 4.78 is 5.15. The molecular weight excluding hydrogens is 396 g/mol. The Balaban J connectivity index is 1.71. The lowest BCUT2D eigenvalue weighted by Crippen LogP contribution is -2.20. The summed E-state index contributed by atoms with van der Waals surface area (Å²) >= 11 is 0. The van der Waals surface area contributed by atoms with Crippen molar-refractivity contribution in [3.8, 4) is 5.75 Å². The van der Waals surface area contributed by atoms with Gasteiger partial charge in [0.2, 0.25) is 11.9 Å². The third-order valence-corrected chi connectivity index (χ3v) is 4.45. The summed E-state index contributed by atoms with van der Waals surface area (Å²) in [7, 11) is 0. The molecule has 0 saturated heterocycles. The van der Waals surface area contributed by atoms with Crippen LogP contribution in [0.3, 0.4) is 0 Å². The molecule has 0 unspecified atom stereocenters. The Labute approximate surface area is 166 Å². The molecule has 1 aliphatic rings. The number of amides is 1. The number of aryl methyl sites for hydroxylation is 1. The molecule has 1 amide bonds. The lowest BCUT2D eigenvalue weighted by molar-refractivity contribution is -0.385. The van der Waals surface area contributed by atoms with Crippen molar-refractivity contribution in [2.45, 2.75) is 13.1 Å². The Morgan fingerprint density at radius 2 is 1.97 bits per heavy atom. The van der Waals surface area contributed by atoms with Crippen LogP contribution in [0, 0.1) is 17.0 Å². The van der Waals surface area contributed by atoms with E-state index in [0.29, 0.717) is 11.3 Å². The highest BCUT2D eigenvalue weighted by Gasteiger charge is 2.23. The van der Waals surface area contributed by atoms with E-state index in [1.165, 1.54) is 13.0 Å². The highest BCUT2D eigenvalue weighted by atomic mass is 16.6. The van der Waals surface area contributed by atoms with Crippen LogP contribution < -0.4 is 10.9 Å². The van der Waals surface area contributed by atoms with Crippen molar-refractivity contribution in [3.05, 3.63) is 73.6 Å². The lowest BCUT2D eigenvalue weighted by Gasteiger charge is -2.09. The highest BCUT2D eigenvalue weighted by molar-refractivity contribution is 6.05. The molecule has 0 spiro atoms. The van der Waals surface area contributed by atoms with Crippen molar-refractivity contribution in [2.75, 3.05) is 5.32 Å². The molecule has 1 aliphatic heterocycles. The van der Waals surface area contributed by atoms with E-state index in [1.54, 1.807) is 24.3 Å². The Kier molecular flexibility index (Phi) is 4.50. The number of nitrogens with one attached hydrogen (secondary N) is 1. The number of nitro benzene ring substituents is 1. The van der Waals surface area contributed by atoms with E-state index < -0.39 is 34.1 Å². The SMILES string of the molecule is Cc1c(O)c([N+](=O)[O-])cc2cc(C(=O)Nc3cccc(C4N=NN=N4)c3)c(=O)oc12. The molecule has 12 nitrogen and oxygen atoms in total. The van der Waals surface area contributed by atoms with Crippen LogP contribution in [0.25, 0.3) is 11.0 Å². The number of hydrogen-bond acceptors (Lipinski definition) is 10. The highest BCUT2D eigenvalue weighted by Crippen LogP contribution is 2.35. The molecule has 0 radical (unpaired) electrons. The zero-order chi connectivity index (χ0) is 21.4. The molecule has 12 heteroatoms. The molecule has 2 heterocycles. The van der Waals surface area contributed by atoms with Gasteiger partial charge >= 0.3 is 11.3 Å².